The van der Waals surface area contributed by atoms with Crippen molar-refractivity contribution >= 4 is 23.5 Å². The maximum atomic E-state index is 7.13. The van der Waals surface area contributed by atoms with Crippen LogP contribution in [0.1, 0.15) is 6.93 Å². The van der Waals surface area contributed by atoms with Crippen LogP contribution in [-0.2, 0) is 0 Å². The van der Waals surface area contributed by atoms with E-state index >= 15 is 0 Å². The van der Waals surface area contributed by atoms with Crippen molar-refractivity contribution in [2.75, 3.05) is 0 Å². The van der Waals surface area contributed by atoms with Crippen LogP contribution < -0.4 is 5.46 Å². The van der Waals surface area contributed by atoms with Crippen LogP contribution in [0.3, 0.4) is 0 Å². The van der Waals surface area contributed by atoms with Gasteiger partial charge in [-0.3, -0.25) is 0 Å². The van der Waals surface area contributed by atoms with Gasteiger partial charge in [0, 0.05) is 1.37 Å². The zero-order valence-corrected chi connectivity index (χ0v) is 7.75. The summed E-state index contributed by atoms with van der Waals surface area (Å²) in [6, 6.07) is 12.7. The highest BCUT2D eigenvalue weighted by atomic mass is 14.0. The second kappa shape index (κ2) is 3.25. The summed E-state index contributed by atoms with van der Waals surface area (Å²) in [5.74, 6) is 0. The molecule has 0 saturated carbocycles. The lowest BCUT2D eigenvalue weighted by molar-refractivity contribution is 1.51. The summed E-state index contributed by atoms with van der Waals surface area (Å²) in [7, 11) is 1.92. The fraction of sp³-hybridized carbons (Fsp3) is 0.167. The Morgan fingerprint density at radius 3 is 2.69 bits per heavy atom. The second-order valence-corrected chi connectivity index (χ2v) is 3.31. The van der Waals surface area contributed by atoms with Gasteiger partial charge in [-0.1, -0.05) is 54.2 Å². The van der Waals surface area contributed by atoms with Crippen LogP contribution in [0, 0.1) is 6.92 Å². The molecule has 0 heterocycles. The lowest BCUT2D eigenvalue weighted by Gasteiger charge is -2.01. The van der Waals surface area contributed by atoms with Crippen molar-refractivity contribution in [3.8, 4) is 0 Å². The molecule has 0 aromatic heterocycles. The van der Waals surface area contributed by atoms with Gasteiger partial charge in [-0.05, 0) is 17.7 Å². The smallest absolute Gasteiger partial charge is 0.0875 e. The third kappa shape index (κ3) is 1.60. The van der Waals surface area contributed by atoms with E-state index in [0.717, 1.165) is 5.46 Å². The van der Waals surface area contributed by atoms with E-state index in [-0.39, 0.29) is 0 Å². The first-order chi connectivity index (χ1) is 6.79. The molecule has 2 aromatic rings. The normalized spacial score (nSPS) is 11.3. The van der Waals surface area contributed by atoms with E-state index in [1.807, 2.05) is 7.28 Å². The van der Waals surface area contributed by atoms with E-state index in [2.05, 4.69) is 43.3 Å². The van der Waals surface area contributed by atoms with Crippen molar-refractivity contribution in [3.63, 3.8) is 0 Å². The summed E-state index contributed by atoms with van der Waals surface area (Å²) in [5.41, 5.74) is 2.42. The quantitative estimate of drug-likeness (QED) is 0.574. The topological polar surface area (TPSA) is 0 Å². The standard InChI is InChI=1S/C12H12B/c1-9-3-4-11-8-12(13-2)6-5-10(11)7-9/h3-8H,1-2H3/i2D. The SMILES string of the molecule is [2H]C[B]c1ccc2cc(C)ccc2c1. The molecular weight excluding hydrogens is 155 g/mol. The van der Waals surface area contributed by atoms with Gasteiger partial charge >= 0.3 is 0 Å². The molecule has 0 saturated heterocycles. The molecule has 0 aliphatic carbocycles. The monoisotopic (exact) mass is 168 g/mol. The van der Waals surface area contributed by atoms with Gasteiger partial charge in [-0.25, -0.2) is 0 Å². The molecule has 0 unspecified atom stereocenters. The Morgan fingerprint density at radius 2 is 1.85 bits per heavy atom. The highest BCUT2D eigenvalue weighted by molar-refractivity contribution is 6.52. The molecular formula is C12H12B. The summed E-state index contributed by atoms with van der Waals surface area (Å²) >= 11 is 0. The van der Waals surface area contributed by atoms with Crippen LogP contribution in [0.2, 0.25) is 6.80 Å². The number of hydrogen-bond donors (Lipinski definition) is 0. The van der Waals surface area contributed by atoms with E-state index in [0.29, 0.717) is 6.80 Å². The molecule has 0 bridgehead atoms. The van der Waals surface area contributed by atoms with Gasteiger partial charge in [0.05, 0.1) is 0 Å². The summed E-state index contributed by atoms with van der Waals surface area (Å²) < 4.78 is 7.13. The van der Waals surface area contributed by atoms with Crippen molar-refractivity contribution in [2.45, 2.75) is 13.7 Å². The van der Waals surface area contributed by atoms with E-state index in [1.54, 1.807) is 0 Å². The minimum atomic E-state index is 0.345. The minimum Gasteiger partial charge on any atom is -0.0875 e. The maximum absolute atomic E-state index is 7.13. The predicted octanol–water partition coefficient (Wildman–Crippen LogP) is 2.53. The van der Waals surface area contributed by atoms with Crippen molar-refractivity contribution < 1.29 is 1.37 Å². The Bertz CT molecular complexity index is 451. The summed E-state index contributed by atoms with van der Waals surface area (Å²) in [6.07, 6.45) is 0. The number of benzene rings is 2. The summed E-state index contributed by atoms with van der Waals surface area (Å²) in [4.78, 5) is 0. The van der Waals surface area contributed by atoms with Gasteiger partial charge in [0.25, 0.3) is 0 Å². The van der Waals surface area contributed by atoms with Crippen molar-refractivity contribution in [1.82, 2.24) is 0 Å². The fourth-order valence-corrected chi connectivity index (χ4v) is 1.51. The van der Waals surface area contributed by atoms with E-state index in [4.69, 9.17) is 1.37 Å². The van der Waals surface area contributed by atoms with E-state index in [9.17, 15) is 0 Å². The lowest BCUT2D eigenvalue weighted by Crippen LogP contribution is -2.08. The molecule has 0 aliphatic rings. The molecule has 0 amide bonds. The van der Waals surface area contributed by atoms with Gasteiger partial charge in [-0.15, -0.1) is 0 Å². The van der Waals surface area contributed by atoms with Crippen molar-refractivity contribution in [3.05, 3.63) is 42.0 Å². The molecule has 0 nitrogen and oxygen atoms in total. The van der Waals surface area contributed by atoms with Gasteiger partial charge in [-0.2, -0.15) is 0 Å². The highest BCUT2D eigenvalue weighted by Gasteiger charge is 1.95. The fourth-order valence-electron chi connectivity index (χ4n) is 1.51. The lowest BCUT2D eigenvalue weighted by atomic mass is 9.73. The molecule has 0 N–H and O–H groups in total. The van der Waals surface area contributed by atoms with Gasteiger partial charge < -0.3 is 0 Å². The zero-order chi connectivity index (χ0) is 9.97. The average Bonchev–Trinajstić information content (AvgIpc) is 2.19. The molecule has 0 atom stereocenters. The largest absolute Gasteiger partial charge is 0.148 e. The molecule has 1 radical (unpaired) electrons. The Balaban J connectivity index is 2.50. The first kappa shape index (κ1) is 7.20. The summed E-state index contributed by atoms with van der Waals surface area (Å²) in [6.45, 7) is 2.45. The molecule has 2 rings (SSSR count). The molecule has 63 valence electrons. The number of aryl methyl sites for hydroxylation is 1. The van der Waals surface area contributed by atoms with Gasteiger partial charge in [0.1, 0.15) is 7.28 Å². The molecule has 0 aliphatic heterocycles. The first-order valence-electron chi connectivity index (χ1n) is 5.13. The Labute approximate surface area is 81.2 Å². The third-order valence-corrected chi connectivity index (χ3v) is 2.26. The van der Waals surface area contributed by atoms with Crippen LogP contribution in [-0.4, -0.2) is 7.28 Å². The highest BCUT2D eigenvalue weighted by Crippen LogP contribution is 2.13. The van der Waals surface area contributed by atoms with Crippen molar-refractivity contribution in [1.29, 1.82) is 0 Å². The van der Waals surface area contributed by atoms with E-state index in [1.165, 1.54) is 16.3 Å². The predicted molar refractivity (Wildman–Crippen MR) is 59.9 cm³/mol. The molecule has 0 spiro atoms. The van der Waals surface area contributed by atoms with E-state index < -0.39 is 0 Å². The van der Waals surface area contributed by atoms with Crippen LogP contribution in [0.25, 0.3) is 10.8 Å². The van der Waals surface area contributed by atoms with Gasteiger partial charge in [0.2, 0.25) is 0 Å². The zero-order valence-electron chi connectivity index (χ0n) is 8.75. The Hall–Kier alpha value is -1.24. The molecule has 1 heteroatoms. The Morgan fingerprint density at radius 1 is 1.08 bits per heavy atom. The first-order valence-corrected chi connectivity index (χ1v) is 4.42. The molecule has 13 heavy (non-hydrogen) atoms. The van der Waals surface area contributed by atoms with Crippen LogP contribution >= 0.6 is 0 Å². The Kier molecular flexibility index (Phi) is 1.80. The number of rotatable bonds is 1. The number of hydrogen-bond acceptors (Lipinski definition) is 0. The average molecular weight is 168 g/mol. The van der Waals surface area contributed by atoms with Crippen LogP contribution in [0.15, 0.2) is 36.4 Å². The second-order valence-electron chi connectivity index (χ2n) is 3.31. The minimum absolute atomic E-state index is 0.345. The molecule has 0 fully saturated rings. The number of fused-ring (bicyclic) bond motifs is 1. The van der Waals surface area contributed by atoms with Crippen LogP contribution in [0.4, 0.5) is 0 Å². The van der Waals surface area contributed by atoms with Gasteiger partial charge in [0.15, 0.2) is 0 Å². The summed E-state index contributed by atoms with van der Waals surface area (Å²) in [5, 5.41) is 2.52. The van der Waals surface area contributed by atoms with Crippen molar-refractivity contribution in [2.24, 2.45) is 0 Å². The van der Waals surface area contributed by atoms with Crippen LogP contribution in [0.5, 0.6) is 0 Å². The maximum Gasteiger partial charge on any atom is 0.148 e. The molecule has 2 aromatic carbocycles. The third-order valence-electron chi connectivity index (χ3n) is 2.26.